The maximum atomic E-state index is 11.4. The summed E-state index contributed by atoms with van der Waals surface area (Å²) in [6.07, 6.45) is 2.81. The minimum Gasteiger partial charge on any atom is -0.468 e. The van der Waals surface area contributed by atoms with Gasteiger partial charge in [-0.25, -0.2) is 9.97 Å². The van der Waals surface area contributed by atoms with Crippen LogP contribution in [0.4, 0.5) is 5.82 Å². The predicted molar refractivity (Wildman–Crippen MR) is 74.2 cm³/mol. The monoisotopic (exact) mass is 298 g/mol. The molecule has 1 heterocycles. The molecule has 9 heteroatoms. The molecule has 0 fully saturated rings. The van der Waals surface area contributed by atoms with Crippen LogP contribution in [0.5, 0.6) is 0 Å². The Labute approximate surface area is 120 Å². The Morgan fingerprint density at radius 2 is 1.70 bits per heavy atom. The molecule has 0 spiro atoms. The molecule has 2 N–H and O–H groups in total. The fourth-order valence-corrected chi connectivity index (χ4v) is 1.53. The van der Waals surface area contributed by atoms with Crippen molar-refractivity contribution in [1.82, 2.24) is 9.97 Å². The molecule has 108 valence electrons. The number of hydrogen-bond donors (Lipinski definition) is 1. The maximum absolute atomic E-state index is 11.4. The summed E-state index contributed by atoms with van der Waals surface area (Å²) in [5, 5.41) is 0. The first-order chi connectivity index (χ1) is 9.49. The van der Waals surface area contributed by atoms with Crippen molar-refractivity contribution in [3.8, 4) is 0 Å². The lowest BCUT2D eigenvalue weighted by Gasteiger charge is -2.22. The third-order valence-electron chi connectivity index (χ3n) is 2.31. The average molecular weight is 298 g/mol. The van der Waals surface area contributed by atoms with Gasteiger partial charge in [0.25, 0.3) is 0 Å². The second-order valence-electron chi connectivity index (χ2n) is 3.60. The van der Waals surface area contributed by atoms with Gasteiger partial charge in [-0.1, -0.05) is 12.2 Å². The minimum absolute atomic E-state index is 0.00725. The van der Waals surface area contributed by atoms with E-state index in [1.807, 2.05) is 0 Å². The van der Waals surface area contributed by atoms with Crippen molar-refractivity contribution in [3.05, 3.63) is 18.1 Å². The van der Waals surface area contributed by atoms with E-state index >= 15 is 0 Å². The molecule has 1 rings (SSSR count). The van der Waals surface area contributed by atoms with Crippen LogP contribution in [-0.4, -0.2) is 54.2 Å². The second-order valence-corrected chi connectivity index (χ2v) is 4.04. The van der Waals surface area contributed by atoms with Gasteiger partial charge in [-0.2, -0.15) is 0 Å². The van der Waals surface area contributed by atoms with Crippen LogP contribution in [0.3, 0.4) is 0 Å². The fraction of sp³-hybridized carbons (Fsp3) is 0.364. The van der Waals surface area contributed by atoms with Crippen LogP contribution in [0, 0.1) is 0 Å². The van der Waals surface area contributed by atoms with E-state index in [1.54, 1.807) is 0 Å². The van der Waals surface area contributed by atoms with E-state index in [2.05, 4.69) is 19.4 Å². The van der Waals surface area contributed by atoms with Crippen LogP contribution >= 0.6 is 12.2 Å². The predicted octanol–water partition coefficient (Wildman–Crippen LogP) is -0.737. The van der Waals surface area contributed by atoms with E-state index in [9.17, 15) is 9.59 Å². The van der Waals surface area contributed by atoms with Crippen molar-refractivity contribution < 1.29 is 19.1 Å². The Hall–Kier alpha value is -2.29. The number of nitrogens with zero attached hydrogens (tertiary/aromatic N) is 3. The van der Waals surface area contributed by atoms with Gasteiger partial charge in [0.05, 0.1) is 14.2 Å². The second kappa shape index (κ2) is 7.34. The fourth-order valence-electron chi connectivity index (χ4n) is 1.38. The number of carbonyl (C=O) groups is 2. The molecule has 0 aliphatic rings. The summed E-state index contributed by atoms with van der Waals surface area (Å²) in [7, 11) is 2.48. The number of anilines is 1. The molecule has 0 radical (unpaired) electrons. The summed E-state index contributed by atoms with van der Waals surface area (Å²) >= 11 is 4.87. The number of ether oxygens (including phenoxy) is 2. The highest BCUT2D eigenvalue weighted by molar-refractivity contribution is 7.80. The topological polar surface area (TPSA) is 108 Å². The zero-order valence-electron chi connectivity index (χ0n) is 11.0. The van der Waals surface area contributed by atoms with Crippen molar-refractivity contribution in [2.75, 3.05) is 32.2 Å². The molecule has 1 aromatic heterocycles. The van der Waals surface area contributed by atoms with Crippen molar-refractivity contribution in [1.29, 1.82) is 0 Å². The van der Waals surface area contributed by atoms with E-state index < -0.39 is 11.9 Å². The molecule has 0 aliphatic heterocycles. The molecule has 8 nitrogen and oxygen atoms in total. The first-order valence-corrected chi connectivity index (χ1v) is 5.89. The van der Waals surface area contributed by atoms with E-state index in [-0.39, 0.29) is 29.6 Å². The van der Waals surface area contributed by atoms with Crippen LogP contribution in [0.2, 0.25) is 0 Å². The van der Waals surface area contributed by atoms with Crippen molar-refractivity contribution >= 4 is 35.0 Å². The lowest BCUT2D eigenvalue weighted by Crippen LogP contribution is -2.37. The molecule has 0 saturated heterocycles. The van der Waals surface area contributed by atoms with Crippen molar-refractivity contribution in [2.24, 2.45) is 5.73 Å². The number of methoxy groups -OCH3 is 2. The van der Waals surface area contributed by atoms with Gasteiger partial charge < -0.3 is 20.1 Å². The Balaban J connectivity index is 3.12. The molecule has 0 bridgehead atoms. The summed E-state index contributed by atoms with van der Waals surface area (Å²) in [5.41, 5.74) is 5.77. The van der Waals surface area contributed by atoms with Gasteiger partial charge in [-0.05, 0) is 0 Å². The number of thiocarbonyl (C=S) groups is 1. The van der Waals surface area contributed by atoms with Crippen LogP contribution in [0.15, 0.2) is 12.4 Å². The van der Waals surface area contributed by atoms with E-state index in [1.165, 1.54) is 31.5 Å². The van der Waals surface area contributed by atoms with Gasteiger partial charge in [-0.3, -0.25) is 9.59 Å². The quantitative estimate of drug-likeness (QED) is 0.536. The van der Waals surface area contributed by atoms with Gasteiger partial charge >= 0.3 is 11.9 Å². The summed E-state index contributed by atoms with van der Waals surface area (Å²) in [5.74, 6) is -0.877. The third kappa shape index (κ3) is 4.12. The molecule has 1 aromatic rings. The number of rotatable bonds is 6. The highest BCUT2D eigenvalue weighted by atomic mass is 32.1. The zero-order valence-corrected chi connectivity index (χ0v) is 11.8. The summed E-state index contributed by atoms with van der Waals surface area (Å²) in [4.78, 5) is 32.2. The largest absolute Gasteiger partial charge is 0.468 e. The molecule has 20 heavy (non-hydrogen) atoms. The van der Waals surface area contributed by atoms with Crippen molar-refractivity contribution in [2.45, 2.75) is 0 Å². The van der Waals surface area contributed by atoms with E-state index in [0.717, 1.165) is 0 Å². The van der Waals surface area contributed by atoms with Gasteiger partial charge in [0.15, 0.2) is 5.82 Å². The summed E-state index contributed by atoms with van der Waals surface area (Å²) in [6.45, 7) is -0.417. The first kappa shape index (κ1) is 15.8. The van der Waals surface area contributed by atoms with E-state index in [0.29, 0.717) is 0 Å². The average Bonchev–Trinajstić information content (AvgIpc) is 2.46. The molecule has 0 aromatic carbocycles. The Morgan fingerprint density at radius 3 is 2.15 bits per heavy atom. The molecule has 0 aliphatic carbocycles. The number of esters is 2. The number of hydrogen-bond acceptors (Lipinski definition) is 8. The van der Waals surface area contributed by atoms with E-state index in [4.69, 9.17) is 18.0 Å². The van der Waals surface area contributed by atoms with Crippen LogP contribution in [0.25, 0.3) is 0 Å². The van der Waals surface area contributed by atoms with Crippen molar-refractivity contribution in [3.63, 3.8) is 0 Å². The smallest absolute Gasteiger partial charge is 0.325 e. The zero-order chi connectivity index (χ0) is 15.1. The Morgan fingerprint density at radius 1 is 1.20 bits per heavy atom. The lowest BCUT2D eigenvalue weighted by molar-refractivity contribution is -0.140. The SMILES string of the molecule is COC(=O)CN(CC(=O)OC)c1nccnc1C(N)=S. The number of aromatic nitrogens is 2. The van der Waals surface area contributed by atoms with Gasteiger partial charge in [0, 0.05) is 12.4 Å². The first-order valence-electron chi connectivity index (χ1n) is 5.49. The van der Waals surface area contributed by atoms with Crippen LogP contribution in [0.1, 0.15) is 5.69 Å². The standard InChI is InChI=1S/C11H14N4O4S/c1-18-7(16)5-15(6-8(17)19-2)11-9(10(12)20)13-3-4-14-11/h3-4H,5-6H2,1-2H3,(H2,12,20). The normalized spacial score (nSPS) is 9.70. The van der Waals surface area contributed by atoms with Gasteiger partial charge in [0.1, 0.15) is 23.8 Å². The molecular weight excluding hydrogens is 284 g/mol. The van der Waals surface area contributed by atoms with Gasteiger partial charge in [0.2, 0.25) is 0 Å². The summed E-state index contributed by atoms with van der Waals surface area (Å²) in [6, 6.07) is 0. The highest BCUT2D eigenvalue weighted by Gasteiger charge is 2.21. The minimum atomic E-state index is -0.548. The Bertz CT molecular complexity index is 505. The number of carbonyl (C=O) groups excluding carboxylic acids is 2. The van der Waals surface area contributed by atoms with Gasteiger partial charge in [-0.15, -0.1) is 0 Å². The van der Waals surface area contributed by atoms with Crippen LogP contribution < -0.4 is 10.6 Å². The number of nitrogens with two attached hydrogens (primary N) is 1. The molecule has 0 saturated carbocycles. The molecule has 0 atom stereocenters. The molecule has 0 unspecified atom stereocenters. The molecular formula is C11H14N4O4S. The Kier molecular flexibility index (Phi) is 5.78. The third-order valence-corrected chi connectivity index (χ3v) is 2.50. The van der Waals surface area contributed by atoms with Crippen LogP contribution in [-0.2, 0) is 19.1 Å². The highest BCUT2D eigenvalue weighted by Crippen LogP contribution is 2.14. The lowest BCUT2D eigenvalue weighted by atomic mass is 10.3. The molecule has 0 amide bonds. The maximum Gasteiger partial charge on any atom is 0.325 e. The summed E-state index contributed by atoms with van der Waals surface area (Å²) < 4.78 is 9.15.